The molecule has 19 heavy (non-hydrogen) atoms. The van der Waals surface area contributed by atoms with Crippen LogP contribution in [-0.2, 0) is 9.53 Å². The Kier molecular flexibility index (Phi) is 4.49. The monoisotopic (exact) mass is 268 g/mol. The van der Waals surface area contributed by atoms with Gasteiger partial charge in [-0.3, -0.25) is 9.69 Å². The minimum Gasteiger partial charge on any atom is -0.375 e. The summed E-state index contributed by atoms with van der Waals surface area (Å²) in [7, 11) is 1.54. The van der Waals surface area contributed by atoms with Crippen LogP contribution in [0.4, 0.5) is 0 Å². The predicted molar refractivity (Wildman–Crippen MR) is 67.5 cm³/mol. The van der Waals surface area contributed by atoms with E-state index in [2.05, 4.69) is 15.0 Å². The first-order valence-corrected chi connectivity index (χ1v) is 6.42. The number of aryl methyl sites for hydroxylation is 1. The van der Waals surface area contributed by atoms with Crippen molar-refractivity contribution in [2.75, 3.05) is 39.9 Å². The van der Waals surface area contributed by atoms with E-state index in [-0.39, 0.29) is 18.6 Å². The molecule has 1 aromatic rings. The summed E-state index contributed by atoms with van der Waals surface area (Å²) in [5.74, 6) is 1.33. The van der Waals surface area contributed by atoms with Crippen LogP contribution in [0.1, 0.15) is 24.7 Å². The second-order valence-corrected chi connectivity index (χ2v) is 4.71. The summed E-state index contributed by atoms with van der Waals surface area (Å²) in [6.07, 6.45) is 0. The molecule has 0 bridgehead atoms. The first-order valence-electron chi connectivity index (χ1n) is 6.42. The summed E-state index contributed by atoms with van der Waals surface area (Å²) in [5.41, 5.74) is 0. The number of hydrogen-bond donors (Lipinski definition) is 0. The van der Waals surface area contributed by atoms with Crippen molar-refractivity contribution in [2.24, 2.45) is 0 Å². The van der Waals surface area contributed by atoms with Crippen molar-refractivity contribution in [3.8, 4) is 0 Å². The largest absolute Gasteiger partial charge is 0.375 e. The molecule has 1 aliphatic heterocycles. The van der Waals surface area contributed by atoms with E-state index >= 15 is 0 Å². The fourth-order valence-electron chi connectivity index (χ4n) is 2.21. The zero-order valence-corrected chi connectivity index (χ0v) is 11.6. The molecule has 0 saturated carbocycles. The Bertz CT molecular complexity index is 426. The fourth-order valence-corrected chi connectivity index (χ4v) is 2.21. The first-order chi connectivity index (χ1) is 9.11. The molecule has 1 fully saturated rings. The molecule has 7 heteroatoms. The van der Waals surface area contributed by atoms with E-state index in [1.54, 1.807) is 6.92 Å². The van der Waals surface area contributed by atoms with Crippen LogP contribution < -0.4 is 0 Å². The quantitative estimate of drug-likeness (QED) is 0.778. The Balaban J connectivity index is 1.87. The third kappa shape index (κ3) is 3.30. The molecule has 0 aliphatic carbocycles. The molecule has 0 N–H and O–H groups in total. The number of nitrogens with zero attached hydrogens (tertiary/aromatic N) is 4. The van der Waals surface area contributed by atoms with Gasteiger partial charge in [-0.1, -0.05) is 5.16 Å². The summed E-state index contributed by atoms with van der Waals surface area (Å²) < 4.78 is 10.1. The van der Waals surface area contributed by atoms with Crippen LogP contribution in [0.3, 0.4) is 0 Å². The smallest absolute Gasteiger partial charge is 0.248 e. The third-order valence-electron chi connectivity index (χ3n) is 3.38. The molecule has 1 aliphatic rings. The summed E-state index contributed by atoms with van der Waals surface area (Å²) in [4.78, 5) is 20.0. The van der Waals surface area contributed by atoms with Crippen LogP contribution >= 0.6 is 0 Å². The lowest BCUT2D eigenvalue weighted by molar-refractivity contribution is -0.137. The van der Waals surface area contributed by atoms with Gasteiger partial charge in [0.15, 0.2) is 5.82 Å². The van der Waals surface area contributed by atoms with Gasteiger partial charge in [-0.05, 0) is 13.8 Å². The molecule has 2 heterocycles. The Morgan fingerprint density at radius 3 is 2.63 bits per heavy atom. The van der Waals surface area contributed by atoms with Gasteiger partial charge < -0.3 is 14.2 Å². The molecule has 1 saturated heterocycles. The lowest BCUT2D eigenvalue weighted by Gasteiger charge is -2.36. The third-order valence-corrected chi connectivity index (χ3v) is 3.38. The van der Waals surface area contributed by atoms with Gasteiger partial charge in [-0.25, -0.2) is 0 Å². The number of rotatable bonds is 4. The molecule has 7 nitrogen and oxygen atoms in total. The highest BCUT2D eigenvalue weighted by molar-refractivity contribution is 5.77. The molecule has 0 aromatic carbocycles. The maximum absolute atomic E-state index is 11.7. The second kappa shape index (κ2) is 6.12. The molecule has 0 radical (unpaired) electrons. The van der Waals surface area contributed by atoms with Gasteiger partial charge in [-0.15, -0.1) is 0 Å². The highest BCUT2D eigenvalue weighted by Gasteiger charge is 2.27. The minimum atomic E-state index is 0.0448. The van der Waals surface area contributed by atoms with Crippen LogP contribution in [0.5, 0.6) is 0 Å². The van der Waals surface area contributed by atoms with Crippen molar-refractivity contribution in [1.29, 1.82) is 0 Å². The highest BCUT2D eigenvalue weighted by atomic mass is 16.5. The minimum absolute atomic E-state index is 0.0448. The SMILES string of the molecule is COCC(=O)N1CCN(C(C)c2nc(C)no2)CC1. The van der Waals surface area contributed by atoms with Crippen LogP contribution in [0.25, 0.3) is 0 Å². The highest BCUT2D eigenvalue weighted by Crippen LogP contribution is 2.19. The van der Waals surface area contributed by atoms with Gasteiger partial charge in [0.1, 0.15) is 6.61 Å². The summed E-state index contributed by atoms with van der Waals surface area (Å²) in [6, 6.07) is 0.0841. The number of carbonyl (C=O) groups excluding carboxylic acids is 1. The molecular formula is C12H20N4O3. The van der Waals surface area contributed by atoms with Crippen molar-refractivity contribution in [2.45, 2.75) is 19.9 Å². The maximum Gasteiger partial charge on any atom is 0.248 e. The van der Waals surface area contributed by atoms with E-state index in [9.17, 15) is 4.79 Å². The van der Waals surface area contributed by atoms with Crippen LogP contribution in [0.15, 0.2) is 4.52 Å². The number of amides is 1. The van der Waals surface area contributed by atoms with Crippen molar-refractivity contribution in [1.82, 2.24) is 19.9 Å². The van der Waals surface area contributed by atoms with Crippen molar-refractivity contribution in [3.05, 3.63) is 11.7 Å². The average Bonchev–Trinajstić information content (AvgIpc) is 2.85. The molecule has 1 aromatic heterocycles. The number of carbonyl (C=O) groups is 1. The lowest BCUT2D eigenvalue weighted by Crippen LogP contribution is -2.50. The van der Waals surface area contributed by atoms with Gasteiger partial charge >= 0.3 is 0 Å². The Morgan fingerprint density at radius 1 is 1.42 bits per heavy atom. The molecule has 1 amide bonds. The van der Waals surface area contributed by atoms with Gasteiger partial charge in [0.2, 0.25) is 11.8 Å². The summed E-state index contributed by atoms with van der Waals surface area (Å²) in [5, 5.41) is 3.81. The van der Waals surface area contributed by atoms with E-state index in [1.165, 1.54) is 7.11 Å². The first kappa shape index (κ1) is 14.0. The molecule has 2 rings (SSSR count). The van der Waals surface area contributed by atoms with Crippen LogP contribution in [-0.4, -0.2) is 65.7 Å². The molecule has 1 unspecified atom stereocenters. The van der Waals surface area contributed by atoms with Crippen molar-refractivity contribution < 1.29 is 14.1 Å². The van der Waals surface area contributed by atoms with Crippen molar-refractivity contribution >= 4 is 5.91 Å². The molecular weight excluding hydrogens is 248 g/mol. The molecule has 1 atom stereocenters. The summed E-state index contributed by atoms with van der Waals surface area (Å²) in [6.45, 7) is 7.02. The number of hydrogen-bond acceptors (Lipinski definition) is 6. The topological polar surface area (TPSA) is 71.7 Å². The van der Waals surface area contributed by atoms with Crippen molar-refractivity contribution in [3.63, 3.8) is 0 Å². The number of ether oxygens (including phenoxy) is 1. The Morgan fingerprint density at radius 2 is 2.11 bits per heavy atom. The Labute approximate surface area is 112 Å². The second-order valence-electron chi connectivity index (χ2n) is 4.71. The number of aromatic nitrogens is 2. The van der Waals surface area contributed by atoms with Gasteiger partial charge in [0.05, 0.1) is 6.04 Å². The normalized spacial score (nSPS) is 18.6. The Hall–Kier alpha value is -1.47. The van der Waals surface area contributed by atoms with Crippen LogP contribution in [0, 0.1) is 6.92 Å². The number of methoxy groups -OCH3 is 1. The lowest BCUT2D eigenvalue weighted by atomic mass is 10.2. The van der Waals surface area contributed by atoms with Crippen LogP contribution in [0.2, 0.25) is 0 Å². The molecule has 106 valence electrons. The average molecular weight is 268 g/mol. The zero-order chi connectivity index (χ0) is 13.8. The van der Waals surface area contributed by atoms with E-state index in [0.717, 1.165) is 13.1 Å². The standard InChI is InChI=1S/C12H20N4O3/c1-9(12-13-10(2)14-19-12)15-4-6-16(7-5-15)11(17)8-18-3/h9H,4-8H2,1-3H3. The van der Waals surface area contributed by atoms with Gasteiger partial charge in [-0.2, -0.15) is 4.98 Å². The van der Waals surface area contributed by atoms with Gasteiger partial charge in [0.25, 0.3) is 0 Å². The van der Waals surface area contributed by atoms with E-state index in [1.807, 2.05) is 11.8 Å². The summed E-state index contributed by atoms with van der Waals surface area (Å²) >= 11 is 0. The fraction of sp³-hybridized carbons (Fsp3) is 0.750. The maximum atomic E-state index is 11.7. The number of piperazine rings is 1. The van der Waals surface area contributed by atoms with Gasteiger partial charge in [0, 0.05) is 33.3 Å². The van der Waals surface area contributed by atoms with E-state index < -0.39 is 0 Å². The van der Waals surface area contributed by atoms with E-state index in [0.29, 0.717) is 24.8 Å². The molecule has 0 spiro atoms. The van der Waals surface area contributed by atoms with E-state index in [4.69, 9.17) is 9.26 Å². The predicted octanol–water partition coefficient (Wildman–Crippen LogP) is 0.230. The zero-order valence-electron chi connectivity index (χ0n) is 11.6.